The fourth-order valence-corrected chi connectivity index (χ4v) is 2.59. The summed E-state index contributed by atoms with van der Waals surface area (Å²) in [5.41, 5.74) is 2.76. The molecule has 3 rings (SSSR count). The van der Waals surface area contributed by atoms with Gasteiger partial charge < -0.3 is 10.6 Å². The third-order valence-electron chi connectivity index (χ3n) is 3.61. The van der Waals surface area contributed by atoms with Crippen molar-refractivity contribution in [2.24, 2.45) is 0 Å². The van der Waals surface area contributed by atoms with Gasteiger partial charge in [0, 0.05) is 17.1 Å². The predicted octanol–water partition coefficient (Wildman–Crippen LogP) is 4.27. The lowest BCUT2D eigenvalue weighted by molar-refractivity contribution is 0.546. The van der Waals surface area contributed by atoms with Gasteiger partial charge in [-0.15, -0.1) is 0 Å². The summed E-state index contributed by atoms with van der Waals surface area (Å²) in [4.78, 5) is 4.44. The molecule has 24 heavy (non-hydrogen) atoms. The number of rotatable bonds is 3. The molecule has 124 valence electrons. The Bertz CT molecular complexity index is 903. The van der Waals surface area contributed by atoms with Crippen molar-refractivity contribution in [1.29, 1.82) is 0 Å². The molecule has 0 atom stereocenters. The summed E-state index contributed by atoms with van der Waals surface area (Å²) in [7, 11) is 0. The molecule has 0 amide bonds. The van der Waals surface area contributed by atoms with E-state index in [1.54, 1.807) is 31.5 Å². The van der Waals surface area contributed by atoms with Crippen molar-refractivity contribution < 1.29 is 4.39 Å². The van der Waals surface area contributed by atoms with Crippen LogP contribution in [0.15, 0.2) is 36.7 Å². The number of pyridine rings is 1. The first-order valence-electron chi connectivity index (χ1n) is 7.61. The number of nitrogens with one attached hydrogen (secondary N) is 2. The van der Waals surface area contributed by atoms with Gasteiger partial charge in [0.05, 0.1) is 18.1 Å². The molecule has 0 aliphatic rings. The zero-order chi connectivity index (χ0) is 17.3. The van der Waals surface area contributed by atoms with Gasteiger partial charge in [0.1, 0.15) is 5.82 Å². The zero-order valence-corrected chi connectivity index (χ0v) is 14.5. The Balaban J connectivity index is 1.74. The summed E-state index contributed by atoms with van der Waals surface area (Å²) in [6.07, 6.45) is 3.48. The second-order valence-electron chi connectivity index (χ2n) is 5.86. The lowest BCUT2D eigenvalue weighted by Gasteiger charge is -2.11. The molecule has 1 aromatic carbocycles. The minimum Gasteiger partial charge on any atom is -0.332 e. The van der Waals surface area contributed by atoms with E-state index in [0.29, 0.717) is 16.4 Å². The maximum absolute atomic E-state index is 13.6. The Morgan fingerprint density at radius 2 is 1.92 bits per heavy atom. The van der Waals surface area contributed by atoms with E-state index in [0.717, 1.165) is 16.7 Å². The highest BCUT2D eigenvalue weighted by molar-refractivity contribution is 7.80. The maximum Gasteiger partial charge on any atom is 0.175 e. The number of thiocarbonyl (C=S) groups is 1. The van der Waals surface area contributed by atoms with E-state index in [9.17, 15) is 4.39 Å². The molecular formula is C17H18FN5S. The molecule has 0 unspecified atom stereocenters. The van der Waals surface area contributed by atoms with Gasteiger partial charge in [-0.1, -0.05) is 6.07 Å². The average molecular weight is 343 g/mol. The summed E-state index contributed by atoms with van der Waals surface area (Å²) in [5.74, 6) is -0.271. The minimum absolute atomic E-state index is 0.244. The maximum atomic E-state index is 13.6. The summed E-state index contributed by atoms with van der Waals surface area (Å²) >= 11 is 5.27. The first-order valence-corrected chi connectivity index (χ1v) is 8.02. The first kappa shape index (κ1) is 16.3. The summed E-state index contributed by atoms with van der Waals surface area (Å²) in [6.45, 7) is 5.83. The second-order valence-corrected chi connectivity index (χ2v) is 6.27. The molecule has 2 N–H and O–H groups in total. The normalized spacial score (nSPS) is 11.0. The standard InChI is InChI=1S/C17H18FN5S/c1-10(2)23-16-12(8-20-23)6-14(9-19-16)22-17(24)21-13-5-4-11(3)15(18)7-13/h4-10H,1-3H3,(H2,21,22,24). The third kappa shape index (κ3) is 3.35. The molecule has 0 aliphatic heterocycles. The van der Waals surface area contributed by atoms with Gasteiger partial charge in [-0.05, 0) is 56.8 Å². The van der Waals surface area contributed by atoms with Crippen LogP contribution < -0.4 is 10.6 Å². The molecule has 0 saturated carbocycles. The number of hydrogen-bond acceptors (Lipinski definition) is 3. The van der Waals surface area contributed by atoms with Gasteiger partial charge in [-0.2, -0.15) is 5.10 Å². The molecule has 0 spiro atoms. The van der Waals surface area contributed by atoms with Crippen molar-refractivity contribution in [3.05, 3.63) is 48.0 Å². The van der Waals surface area contributed by atoms with Gasteiger partial charge in [-0.25, -0.2) is 14.1 Å². The molecule has 0 fully saturated rings. The lowest BCUT2D eigenvalue weighted by Crippen LogP contribution is -2.19. The van der Waals surface area contributed by atoms with Gasteiger partial charge in [0.15, 0.2) is 10.8 Å². The van der Waals surface area contributed by atoms with Crippen molar-refractivity contribution in [2.75, 3.05) is 10.6 Å². The number of aromatic nitrogens is 3. The van der Waals surface area contributed by atoms with Crippen molar-refractivity contribution in [2.45, 2.75) is 26.8 Å². The largest absolute Gasteiger partial charge is 0.332 e. The Morgan fingerprint density at radius 3 is 2.62 bits per heavy atom. The van der Waals surface area contributed by atoms with Crippen LogP contribution in [0.1, 0.15) is 25.5 Å². The van der Waals surface area contributed by atoms with Gasteiger partial charge in [0.25, 0.3) is 0 Å². The Kier molecular flexibility index (Phi) is 4.44. The molecule has 0 bridgehead atoms. The van der Waals surface area contributed by atoms with Crippen LogP contribution >= 0.6 is 12.2 Å². The molecule has 0 radical (unpaired) electrons. The van der Waals surface area contributed by atoms with Crippen LogP contribution in [-0.2, 0) is 0 Å². The van der Waals surface area contributed by atoms with Gasteiger partial charge in [-0.3, -0.25) is 0 Å². The summed E-state index contributed by atoms with van der Waals surface area (Å²) in [6, 6.07) is 7.07. The smallest absolute Gasteiger partial charge is 0.175 e. The van der Waals surface area contributed by atoms with E-state index in [1.165, 1.54) is 6.07 Å². The number of fused-ring (bicyclic) bond motifs is 1. The Morgan fingerprint density at radius 1 is 1.17 bits per heavy atom. The number of hydrogen-bond donors (Lipinski definition) is 2. The molecule has 2 aromatic heterocycles. The fraction of sp³-hybridized carbons (Fsp3) is 0.235. The SMILES string of the molecule is Cc1ccc(NC(=S)Nc2cnc3c(cnn3C(C)C)c2)cc1F. The van der Waals surface area contributed by atoms with E-state index in [1.807, 2.05) is 10.7 Å². The quantitative estimate of drug-likeness (QED) is 0.696. The predicted molar refractivity (Wildman–Crippen MR) is 98.9 cm³/mol. The molecule has 5 nitrogen and oxygen atoms in total. The van der Waals surface area contributed by atoms with Gasteiger partial charge >= 0.3 is 0 Å². The van der Waals surface area contributed by atoms with Crippen LogP contribution in [0.2, 0.25) is 0 Å². The number of anilines is 2. The Hall–Kier alpha value is -2.54. The minimum atomic E-state index is -0.271. The summed E-state index contributed by atoms with van der Waals surface area (Å²) in [5, 5.41) is 11.7. The molecule has 0 saturated heterocycles. The highest BCUT2D eigenvalue weighted by Gasteiger charge is 2.08. The van der Waals surface area contributed by atoms with E-state index in [2.05, 4.69) is 34.6 Å². The van der Waals surface area contributed by atoms with E-state index in [4.69, 9.17) is 12.2 Å². The van der Waals surface area contributed by atoms with Crippen molar-refractivity contribution >= 4 is 39.7 Å². The zero-order valence-electron chi connectivity index (χ0n) is 13.7. The molecular weight excluding hydrogens is 325 g/mol. The highest BCUT2D eigenvalue weighted by Crippen LogP contribution is 2.19. The third-order valence-corrected chi connectivity index (χ3v) is 3.81. The van der Waals surface area contributed by atoms with Crippen LogP contribution in [0.3, 0.4) is 0 Å². The topological polar surface area (TPSA) is 54.8 Å². The van der Waals surface area contributed by atoms with Crippen LogP contribution in [0.5, 0.6) is 0 Å². The van der Waals surface area contributed by atoms with Crippen molar-refractivity contribution in [1.82, 2.24) is 14.8 Å². The number of nitrogens with zero attached hydrogens (tertiary/aromatic N) is 3. The van der Waals surface area contributed by atoms with E-state index in [-0.39, 0.29) is 11.9 Å². The molecule has 7 heteroatoms. The second kappa shape index (κ2) is 6.52. The lowest BCUT2D eigenvalue weighted by atomic mass is 10.2. The van der Waals surface area contributed by atoms with E-state index >= 15 is 0 Å². The number of benzene rings is 1. The molecule has 0 aliphatic carbocycles. The van der Waals surface area contributed by atoms with Crippen LogP contribution in [-0.4, -0.2) is 19.9 Å². The molecule has 2 heterocycles. The summed E-state index contributed by atoms with van der Waals surface area (Å²) < 4.78 is 15.4. The fourth-order valence-electron chi connectivity index (χ4n) is 2.35. The van der Waals surface area contributed by atoms with Crippen LogP contribution in [0, 0.1) is 12.7 Å². The van der Waals surface area contributed by atoms with Crippen LogP contribution in [0.25, 0.3) is 11.0 Å². The van der Waals surface area contributed by atoms with Crippen LogP contribution in [0.4, 0.5) is 15.8 Å². The average Bonchev–Trinajstić information content (AvgIpc) is 2.94. The molecule has 3 aromatic rings. The Labute approximate surface area is 144 Å². The monoisotopic (exact) mass is 343 g/mol. The first-order chi connectivity index (χ1) is 11.4. The van der Waals surface area contributed by atoms with Crippen molar-refractivity contribution in [3.63, 3.8) is 0 Å². The number of aryl methyl sites for hydroxylation is 1. The number of halogens is 1. The van der Waals surface area contributed by atoms with Crippen molar-refractivity contribution in [3.8, 4) is 0 Å². The highest BCUT2D eigenvalue weighted by atomic mass is 32.1. The van der Waals surface area contributed by atoms with E-state index < -0.39 is 0 Å². The van der Waals surface area contributed by atoms with Gasteiger partial charge in [0.2, 0.25) is 0 Å².